The summed E-state index contributed by atoms with van der Waals surface area (Å²) in [7, 11) is 0. The Morgan fingerprint density at radius 3 is 2.63 bits per heavy atom. The lowest BCUT2D eigenvalue weighted by Gasteiger charge is -2.25. The van der Waals surface area contributed by atoms with Crippen molar-refractivity contribution >= 4 is 23.4 Å². The molecule has 1 amide bonds. The molecule has 0 saturated carbocycles. The van der Waals surface area contributed by atoms with Crippen molar-refractivity contribution in [3.05, 3.63) is 78.4 Å². The molecule has 8 heteroatoms. The van der Waals surface area contributed by atoms with E-state index in [4.69, 9.17) is 9.47 Å². The third kappa shape index (κ3) is 3.83. The van der Waals surface area contributed by atoms with E-state index in [-0.39, 0.29) is 24.0 Å². The van der Waals surface area contributed by atoms with Crippen molar-refractivity contribution in [2.75, 3.05) is 11.7 Å². The maximum atomic E-state index is 13.6. The summed E-state index contributed by atoms with van der Waals surface area (Å²) in [6, 6.07) is 23.9. The van der Waals surface area contributed by atoms with Gasteiger partial charge in [-0.05, 0) is 62.2 Å². The Bertz CT molecular complexity index is 1400. The molecule has 0 aliphatic carbocycles. The number of hydrogen-bond donors (Lipinski definition) is 0. The summed E-state index contributed by atoms with van der Waals surface area (Å²) in [5.74, 6) is 2.15. The first-order valence-corrected chi connectivity index (χ1v) is 12.5. The number of benzene rings is 3. The summed E-state index contributed by atoms with van der Waals surface area (Å²) < 4.78 is 13.0. The molecular weight excluding hydrogens is 460 g/mol. The van der Waals surface area contributed by atoms with Crippen molar-refractivity contribution in [1.29, 1.82) is 0 Å². The van der Waals surface area contributed by atoms with E-state index in [9.17, 15) is 4.79 Å². The first kappa shape index (κ1) is 21.7. The normalized spacial score (nSPS) is 16.9. The van der Waals surface area contributed by atoms with Crippen molar-refractivity contribution in [3.8, 4) is 28.6 Å². The lowest BCUT2D eigenvalue weighted by Crippen LogP contribution is -2.40. The highest BCUT2D eigenvalue weighted by Gasteiger charge is 2.34. The molecule has 0 saturated heterocycles. The van der Waals surface area contributed by atoms with Gasteiger partial charge < -0.3 is 14.4 Å². The van der Waals surface area contributed by atoms with Crippen LogP contribution in [0.3, 0.4) is 0 Å². The van der Waals surface area contributed by atoms with E-state index in [0.29, 0.717) is 22.5 Å². The van der Waals surface area contributed by atoms with E-state index in [1.54, 1.807) is 0 Å². The van der Waals surface area contributed by atoms with Gasteiger partial charge in [-0.3, -0.25) is 9.36 Å². The van der Waals surface area contributed by atoms with Crippen LogP contribution in [0, 0.1) is 0 Å². The zero-order valence-corrected chi connectivity index (χ0v) is 20.2. The lowest BCUT2D eigenvalue weighted by molar-refractivity contribution is -0.118. The topological polar surface area (TPSA) is 69.5 Å². The second-order valence-electron chi connectivity index (χ2n) is 8.70. The first-order valence-electron chi connectivity index (χ1n) is 11.6. The predicted octanol–water partition coefficient (Wildman–Crippen LogP) is 5.12. The van der Waals surface area contributed by atoms with Crippen LogP contribution in [0.1, 0.15) is 19.4 Å². The number of ether oxygens (including phenoxy) is 2. The molecule has 0 bridgehead atoms. The van der Waals surface area contributed by atoms with Crippen LogP contribution in [0.2, 0.25) is 0 Å². The highest BCUT2D eigenvalue weighted by Crippen LogP contribution is 2.38. The summed E-state index contributed by atoms with van der Waals surface area (Å²) in [6.07, 6.45) is 0.869. The molecule has 0 unspecified atom stereocenters. The molecule has 35 heavy (non-hydrogen) atoms. The van der Waals surface area contributed by atoms with Gasteiger partial charge in [-0.1, -0.05) is 48.2 Å². The maximum Gasteiger partial charge on any atom is 0.240 e. The standard InChI is InChI=1S/C27H24N4O3S/c1-17-14-19-8-6-7-11-22(19)30(17)26(32)18(2)35-27-29-28-25(31(27)21-9-4-3-5-10-21)20-12-13-23-24(15-20)34-16-33-23/h3-13,15,17-18H,14,16H2,1-2H3/t17-,18+/m0/s1. The van der Waals surface area contributed by atoms with E-state index >= 15 is 0 Å². The number of aromatic nitrogens is 3. The van der Waals surface area contributed by atoms with Crippen LogP contribution >= 0.6 is 11.8 Å². The highest BCUT2D eigenvalue weighted by atomic mass is 32.2. The zero-order valence-electron chi connectivity index (χ0n) is 19.4. The fourth-order valence-corrected chi connectivity index (χ4v) is 5.60. The zero-order chi connectivity index (χ0) is 23.9. The fraction of sp³-hybridized carbons (Fsp3) is 0.222. The molecule has 4 aromatic rings. The molecule has 2 aliphatic heterocycles. The average Bonchev–Trinajstić information content (AvgIpc) is 3.59. The summed E-state index contributed by atoms with van der Waals surface area (Å²) >= 11 is 1.42. The summed E-state index contributed by atoms with van der Waals surface area (Å²) in [6.45, 7) is 4.24. The highest BCUT2D eigenvalue weighted by molar-refractivity contribution is 8.00. The number of thioether (sulfide) groups is 1. The third-order valence-corrected chi connectivity index (χ3v) is 7.38. The van der Waals surface area contributed by atoms with Gasteiger partial charge in [-0.15, -0.1) is 10.2 Å². The monoisotopic (exact) mass is 484 g/mol. The number of carbonyl (C=O) groups is 1. The molecule has 6 rings (SSSR count). The number of anilines is 1. The van der Waals surface area contributed by atoms with Crippen molar-refractivity contribution in [2.45, 2.75) is 36.7 Å². The number of amides is 1. The smallest absolute Gasteiger partial charge is 0.240 e. The average molecular weight is 485 g/mol. The van der Waals surface area contributed by atoms with E-state index in [1.807, 2.05) is 83.1 Å². The van der Waals surface area contributed by atoms with Gasteiger partial charge in [-0.2, -0.15) is 0 Å². The molecule has 3 aromatic carbocycles. The van der Waals surface area contributed by atoms with E-state index in [1.165, 1.54) is 17.3 Å². The van der Waals surface area contributed by atoms with Gasteiger partial charge in [0.15, 0.2) is 22.5 Å². The third-order valence-electron chi connectivity index (χ3n) is 6.35. The molecule has 2 aliphatic rings. The Kier molecular flexibility index (Phi) is 5.45. The first-order chi connectivity index (χ1) is 17.1. The molecule has 3 heterocycles. The molecule has 0 N–H and O–H groups in total. The van der Waals surface area contributed by atoms with E-state index < -0.39 is 0 Å². The molecule has 0 radical (unpaired) electrons. The van der Waals surface area contributed by atoms with E-state index in [0.717, 1.165) is 23.4 Å². The van der Waals surface area contributed by atoms with Crippen LogP contribution in [0.5, 0.6) is 11.5 Å². The Labute approximate surface area is 207 Å². The number of fused-ring (bicyclic) bond motifs is 2. The summed E-state index contributed by atoms with van der Waals surface area (Å²) in [5.41, 5.74) is 4.00. The molecule has 7 nitrogen and oxygen atoms in total. The van der Waals surface area contributed by atoms with Crippen molar-refractivity contribution in [3.63, 3.8) is 0 Å². The van der Waals surface area contributed by atoms with Gasteiger partial charge in [0.2, 0.25) is 12.7 Å². The number of para-hydroxylation sites is 2. The second kappa shape index (κ2) is 8.78. The Morgan fingerprint density at radius 2 is 1.77 bits per heavy atom. The predicted molar refractivity (Wildman–Crippen MR) is 135 cm³/mol. The lowest BCUT2D eigenvalue weighted by atomic mass is 10.1. The van der Waals surface area contributed by atoms with Crippen molar-refractivity contribution < 1.29 is 14.3 Å². The van der Waals surface area contributed by atoms with Crippen molar-refractivity contribution in [2.24, 2.45) is 0 Å². The van der Waals surface area contributed by atoms with Gasteiger partial charge >= 0.3 is 0 Å². The number of rotatable bonds is 5. The minimum absolute atomic E-state index is 0.0692. The van der Waals surface area contributed by atoms with Crippen LogP contribution in [-0.2, 0) is 11.2 Å². The number of hydrogen-bond acceptors (Lipinski definition) is 6. The molecule has 0 fully saturated rings. The van der Waals surface area contributed by atoms with Crippen LogP contribution in [0.4, 0.5) is 5.69 Å². The van der Waals surface area contributed by atoms with Crippen molar-refractivity contribution in [1.82, 2.24) is 14.8 Å². The minimum atomic E-state index is -0.347. The number of carbonyl (C=O) groups excluding carboxylic acids is 1. The molecule has 176 valence electrons. The fourth-order valence-electron chi connectivity index (χ4n) is 4.68. The van der Waals surface area contributed by atoms with Crippen LogP contribution in [0.15, 0.2) is 78.0 Å². The van der Waals surface area contributed by atoms with Crippen LogP contribution in [0.25, 0.3) is 17.1 Å². The van der Waals surface area contributed by atoms with Gasteiger partial charge in [0.05, 0.1) is 5.25 Å². The minimum Gasteiger partial charge on any atom is -0.454 e. The Morgan fingerprint density at radius 1 is 1.00 bits per heavy atom. The van der Waals surface area contributed by atoms with Gasteiger partial charge in [0, 0.05) is 23.0 Å². The quantitative estimate of drug-likeness (QED) is 0.366. The second-order valence-corrected chi connectivity index (χ2v) is 10.0. The largest absolute Gasteiger partial charge is 0.454 e. The number of nitrogens with zero attached hydrogens (tertiary/aromatic N) is 4. The molecule has 2 atom stereocenters. The summed E-state index contributed by atoms with van der Waals surface area (Å²) in [4.78, 5) is 15.5. The molecule has 1 aromatic heterocycles. The maximum absolute atomic E-state index is 13.6. The van der Waals surface area contributed by atoms with Crippen LogP contribution < -0.4 is 14.4 Å². The van der Waals surface area contributed by atoms with E-state index in [2.05, 4.69) is 23.2 Å². The van der Waals surface area contributed by atoms with Crippen LogP contribution in [-0.4, -0.2) is 38.8 Å². The van der Waals surface area contributed by atoms with Gasteiger partial charge in [0.25, 0.3) is 0 Å². The van der Waals surface area contributed by atoms with Gasteiger partial charge in [0.1, 0.15) is 0 Å². The van der Waals surface area contributed by atoms with Gasteiger partial charge in [-0.25, -0.2) is 0 Å². The Balaban J connectivity index is 1.35. The SMILES string of the molecule is C[C@@H](Sc1nnc(-c2ccc3c(c2)OCO3)n1-c1ccccc1)C(=O)N1c2ccccc2C[C@@H]1C. The summed E-state index contributed by atoms with van der Waals surface area (Å²) in [5, 5.41) is 9.34. The molecular formula is C27H24N4O3S. The Hall–Kier alpha value is -3.78. The molecule has 0 spiro atoms.